The molecule has 9 heteroatoms. The number of furan rings is 3. The number of benzene rings is 9. The van der Waals surface area contributed by atoms with E-state index >= 15 is 0 Å². The van der Waals surface area contributed by atoms with Crippen LogP contribution < -0.4 is 13.7 Å². The molecule has 0 aliphatic heterocycles. The van der Waals surface area contributed by atoms with Gasteiger partial charge in [0.15, 0.2) is 11.2 Å². The van der Waals surface area contributed by atoms with E-state index in [-0.39, 0.29) is 0 Å². The van der Waals surface area contributed by atoms with Crippen molar-refractivity contribution >= 4 is 98.8 Å². The average molecular weight is 1280 g/mol. The zero-order valence-corrected chi connectivity index (χ0v) is 57.0. The van der Waals surface area contributed by atoms with Gasteiger partial charge in [0.05, 0.1) is 16.5 Å². The van der Waals surface area contributed by atoms with Gasteiger partial charge in [0, 0.05) is 133 Å². The van der Waals surface area contributed by atoms with Gasteiger partial charge in [0.25, 0.3) is 5.52 Å². The fourth-order valence-electron chi connectivity index (χ4n) is 16.4. The summed E-state index contributed by atoms with van der Waals surface area (Å²) >= 11 is 0. The molecule has 478 valence electrons. The van der Waals surface area contributed by atoms with Crippen LogP contribution in [0.2, 0.25) is 0 Å². The number of hydrogen-bond donors (Lipinski definition) is 0. The fraction of sp³-hybridized carbons (Fsp3) is 0.157. The molecule has 0 bridgehead atoms. The Kier molecular flexibility index (Phi) is 14.7. The molecule has 98 heavy (non-hydrogen) atoms. The lowest BCUT2D eigenvalue weighted by Crippen LogP contribution is -2.31. The molecule has 1 saturated carbocycles. The SMILES string of the molecule is Cc1c(-c2c(C3CCCC3)c3ccccc3n2C)cccc1-c1ccc2c3ccccc3oc2[n+]1C.Cc1c(-c2cc3ccccc3n2C)cccc1-c1cc2c(c[n+]1C)oc1ccccc12.Cc1c(-c2cc3ccccc3n2C)cccc1-c1ccc2oc3ccccc3c2[n+]1C. The number of hydrogen-bond acceptors (Lipinski definition) is 3. The van der Waals surface area contributed by atoms with Crippen molar-refractivity contribution in [1.29, 1.82) is 0 Å². The van der Waals surface area contributed by atoms with Crippen LogP contribution in [0.25, 0.3) is 166 Å². The first-order valence-corrected chi connectivity index (χ1v) is 34.3. The number of aromatic nitrogens is 6. The van der Waals surface area contributed by atoms with Crippen LogP contribution in [0.15, 0.2) is 262 Å². The summed E-state index contributed by atoms with van der Waals surface area (Å²) in [5.41, 5.74) is 30.8. The van der Waals surface area contributed by atoms with E-state index in [1.165, 1.54) is 143 Å². The van der Waals surface area contributed by atoms with E-state index in [0.717, 1.165) is 66.1 Å². The van der Waals surface area contributed by atoms with Gasteiger partial charge < -0.3 is 27.0 Å². The number of nitrogens with zero attached hydrogens (tertiary/aromatic N) is 6. The third kappa shape index (κ3) is 9.76. The van der Waals surface area contributed by atoms with E-state index in [1.54, 1.807) is 5.56 Å². The Labute approximate surface area is 569 Å². The third-order valence-corrected chi connectivity index (χ3v) is 21.5. The quantitative estimate of drug-likeness (QED) is 0.149. The number of para-hydroxylation sites is 6. The first-order valence-electron chi connectivity index (χ1n) is 34.3. The minimum Gasteiger partial charge on any atom is -0.450 e. The largest absolute Gasteiger partial charge is 0.450 e. The second-order valence-electron chi connectivity index (χ2n) is 26.9. The Balaban J connectivity index is 0.000000111. The molecule has 1 fully saturated rings. The molecule has 0 unspecified atom stereocenters. The molecular weight excluding hydrogens is 1200 g/mol. The minimum absolute atomic E-state index is 0.636. The smallest absolute Gasteiger partial charge is 0.381 e. The summed E-state index contributed by atoms with van der Waals surface area (Å²) in [5.74, 6) is 0.636. The Morgan fingerprint density at radius 3 is 1.42 bits per heavy atom. The number of fused-ring (bicyclic) bond motifs is 12. The van der Waals surface area contributed by atoms with Crippen molar-refractivity contribution in [1.82, 2.24) is 13.7 Å². The number of rotatable bonds is 7. The molecule has 9 heterocycles. The van der Waals surface area contributed by atoms with E-state index in [0.29, 0.717) is 5.92 Å². The first-order chi connectivity index (χ1) is 47.9. The second kappa shape index (κ2) is 24.0. The van der Waals surface area contributed by atoms with Gasteiger partial charge in [-0.05, 0) is 147 Å². The molecule has 0 radical (unpaired) electrons. The summed E-state index contributed by atoms with van der Waals surface area (Å²) in [6.07, 6.45) is 7.34. The van der Waals surface area contributed by atoms with Crippen molar-refractivity contribution in [2.24, 2.45) is 42.3 Å². The molecule has 0 amide bonds. The highest BCUT2D eigenvalue weighted by Crippen LogP contribution is 2.47. The fourth-order valence-corrected chi connectivity index (χ4v) is 16.4. The molecule has 0 spiro atoms. The van der Waals surface area contributed by atoms with Crippen LogP contribution in [0, 0.1) is 20.8 Å². The van der Waals surface area contributed by atoms with Gasteiger partial charge in [-0.1, -0.05) is 152 Å². The Morgan fingerprint density at radius 1 is 0.347 bits per heavy atom. The summed E-state index contributed by atoms with van der Waals surface area (Å²) < 4.78 is 32.1. The topological polar surface area (TPSA) is 65.8 Å². The normalized spacial score (nSPS) is 12.7. The lowest BCUT2D eigenvalue weighted by atomic mass is 9.89. The predicted octanol–water partition coefficient (Wildman–Crippen LogP) is 21.3. The van der Waals surface area contributed by atoms with E-state index in [9.17, 15) is 0 Å². The minimum atomic E-state index is 0.636. The van der Waals surface area contributed by atoms with Crippen LogP contribution in [0.4, 0.5) is 0 Å². The highest BCUT2D eigenvalue weighted by molar-refractivity contribution is 6.06. The van der Waals surface area contributed by atoms with Crippen molar-refractivity contribution in [3.05, 3.63) is 271 Å². The van der Waals surface area contributed by atoms with Crippen LogP contribution >= 0.6 is 0 Å². The molecule has 1 aliphatic rings. The van der Waals surface area contributed by atoms with Crippen LogP contribution in [-0.2, 0) is 42.3 Å². The molecule has 1 aliphatic carbocycles. The Hall–Kier alpha value is -11.6. The van der Waals surface area contributed by atoms with Crippen LogP contribution in [0.3, 0.4) is 0 Å². The molecular formula is C89H77N6O3+3. The van der Waals surface area contributed by atoms with Gasteiger partial charge in [0.1, 0.15) is 37.9 Å². The Bertz CT molecular complexity index is 6080. The summed E-state index contributed by atoms with van der Waals surface area (Å²) in [5, 5.41) is 9.72. The van der Waals surface area contributed by atoms with Crippen LogP contribution in [-0.4, -0.2) is 13.7 Å². The molecule has 0 N–H and O–H groups in total. The van der Waals surface area contributed by atoms with Crippen molar-refractivity contribution in [2.45, 2.75) is 52.4 Å². The lowest BCUT2D eigenvalue weighted by molar-refractivity contribution is -0.659. The molecule has 9 aromatic carbocycles. The van der Waals surface area contributed by atoms with Crippen molar-refractivity contribution in [3.8, 4) is 67.5 Å². The standard InChI is InChI=1S/C33H31N2O.2C28H23N2O/c1-21-23(29-20-19-26-25-13-7-9-18-30(25)36-33(26)35(29)3)15-10-16-24(21)32-31(22-11-4-5-12-22)27-14-6-8-17-28(27)34(32)2;1-18-20(11-8-12-21(18)26-15-19-9-4-6-13-24(19)30(26)3)25-16-23-22-10-5-7-14-27(22)31-28(23)17-29(25)2;1-18-20(11-8-12-21(18)25-17-19-9-4-6-13-23(19)29(25)2)24-15-16-27-28(30(24)3)22-10-5-7-14-26(22)31-27/h6-10,13-20,22H,4-5,11-12H2,1-3H3;2*4-17H,1-3H3/q3*+1. The zero-order chi connectivity index (χ0) is 66.6. The summed E-state index contributed by atoms with van der Waals surface area (Å²) in [7, 11) is 12.9. The molecule has 18 aromatic rings. The van der Waals surface area contributed by atoms with E-state index in [1.807, 2.05) is 36.4 Å². The van der Waals surface area contributed by atoms with Crippen LogP contribution in [0.5, 0.6) is 0 Å². The van der Waals surface area contributed by atoms with Crippen molar-refractivity contribution < 1.29 is 27.0 Å². The van der Waals surface area contributed by atoms with Gasteiger partial charge in [-0.25, -0.2) is 0 Å². The predicted molar refractivity (Wildman–Crippen MR) is 402 cm³/mol. The van der Waals surface area contributed by atoms with Crippen molar-refractivity contribution in [3.63, 3.8) is 0 Å². The van der Waals surface area contributed by atoms with Gasteiger partial charge in [-0.15, -0.1) is 0 Å². The summed E-state index contributed by atoms with van der Waals surface area (Å²) in [6, 6.07) is 86.3. The van der Waals surface area contributed by atoms with E-state index in [2.05, 4.69) is 303 Å². The number of aryl methyl sites for hydroxylation is 6. The molecule has 9 nitrogen and oxygen atoms in total. The van der Waals surface area contributed by atoms with Gasteiger partial charge in [-0.2, -0.15) is 13.7 Å². The lowest BCUT2D eigenvalue weighted by Gasteiger charge is -2.17. The van der Waals surface area contributed by atoms with Gasteiger partial charge >= 0.3 is 5.71 Å². The highest BCUT2D eigenvalue weighted by atomic mass is 16.3. The van der Waals surface area contributed by atoms with Crippen LogP contribution in [0.1, 0.15) is 53.9 Å². The molecule has 9 aromatic heterocycles. The Morgan fingerprint density at radius 2 is 0.806 bits per heavy atom. The zero-order valence-electron chi connectivity index (χ0n) is 57.0. The molecule has 19 rings (SSSR count). The summed E-state index contributed by atoms with van der Waals surface area (Å²) in [4.78, 5) is 0. The van der Waals surface area contributed by atoms with Gasteiger partial charge in [-0.3, -0.25) is 0 Å². The maximum Gasteiger partial charge on any atom is 0.381 e. The molecule has 0 atom stereocenters. The summed E-state index contributed by atoms with van der Waals surface area (Å²) in [6.45, 7) is 6.73. The first kappa shape index (κ1) is 60.1. The van der Waals surface area contributed by atoms with Gasteiger partial charge in [0.2, 0.25) is 23.3 Å². The second-order valence-corrected chi connectivity index (χ2v) is 26.9. The maximum atomic E-state index is 6.30. The van der Waals surface area contributed by atoms with E-state index in [4.69, 9.17) is 13.3 Å². The highest BCUT2D eigenvalue weighted by Gasteiger charge is 2.30. The van der Waals surface area contributed by atoms with Crippen molar-refractivity contribution in [2.75, 3.05) is 0 Å². The average Bonchev–Trinajstić information content (AvgIpc) is 1.60. The van der Waals surface area contributed by atoms with E-state index < -0.39 is 0 Å². The monoisotopic (exact) mass is 1280 g/mol. The third-order valence-electron chi connectivity index (χ3n) is 21.5. The molecule has 0 saturated heterocycles. The number of pyridine rings is 3. The maximum absolute atomic E-state index is 6.30.